The van der Waals surface area contributed by atoms with E-state index in [2.05, 4.69) is 27.7 Å². The zero-order valence-electron chi connectivity index (χ0n) is 27.8. The van der Waals surface area contributed by atoms with Crippen LogP contribution in [0.25, 0.3) is 0 Å². The van der Waals surface area contributed by atoms with Crippen LogP contribution in [0.3, 0.4) is 0 Å². The fourth-order valence-electron chi connectivity index (χ4n) is 10.4. The van der Waals surface area contributed by atoms with E-state index in [4.69, 9.17) is 14.2 Å². The van der Waals surface area contributed by atoms with Gasteiger partial charge in [0.2, 0.25) is 0 Å². The molecule has 45 heavy (non-hydrogen) atoms. The van der Waals surface area contributed by atoms with Crippen molar-refractivity contribution in [3.63, 3.8) is 0 Å². The van der Waals surface area contributed by atoms with Gasteiger partial charge in [0.15, 0.2) is 6.29 Å². The number of rotatable bonds is 10. The quantitative estimate of drug-likeness (QED) is 0.155. The van der Waals surface area contributed by atoms with Crippen LogP contribution >= 0.6 is 0 Å². The van der Waals surface area contributed by atoms with Crippen molar-refractivity contribution in [3.05, 3.63) is 11.6 Å². The van der Waals surface area contributed by atoms with Crippen molar-refractivity contribution >= 4 is 5.97 Å². The summed E-state index contributed by atoms with van der Waals surface area (Å²) >= 11 is 0. The SMILES string of the molecule is CC(=O)OC[C@H](C)CCC[C@@H](C)[C@H]1CCC2C3C(C[C@H](O)[C@@]21C)[C@@]1(C)CC[C@@H](O)C=C1C[C@H]3O[C@@H]1O[C@H](CO)[C@H](O)[C@H](O)[C@H]1O. The fraction of sp³-hybridized carbons (Fsp3) is 0.914. The number of hydrogen-bond acceptors (Lipinski definition) is 10. The molecule has 5 aliphatic rings. The molecule has 258 valence electrons. The number of ether oxygens (including phenoxy) is 3. The Balaban J connectivity index is 1.38. The molecule has 4 fully saturated rings. The van der Waals surface area contributed by atoms with Crippen molar-refractivity contribution in [2.24, 2.45) is 46.3 Å². The zero-order valence-corrected chi connectivity index (χ0v) is 27.8. The van der Waals surface area contributed by atoms with Gasteiger partial charge in [0, 0.05) is 6.92 Å². The van der Waals surface area contributed by atoms with Crippen LogP contribution in [0.1, 0.15) is 92.4 Å². The highest BCUT2D eigenvalue weighted by Gasteiger charge is 2.65. The molecular weight excluding hydrogens is 580 g/mol. The van der Waals surface area contributed by atoms with E-state index in [1.807, 2.05) is 6.08 Å². The Morgan fingerprint density at radius 1 is 1.02 bits per heavy atom. The van der Waals surface area contributed by atoms with Gasteiger partial charge in [-0.2, -0.15) is 0 Å². The zero-order chi connectivity index (χ0) is 32.8. The number of aliphatic hydroxyl groups excluding tert-OH is 6. The van der Waals surface area contributed by atoms with Crippen LogP contribution in [0, 0.1) is 46.3 Å². The average molecular weight is 639 g/mol. The van der Waals surface area contributed by atoms with Gasteiger partial charge in [0.05, 0.1) is 31.5 Å². The Bertz CT molecular complexity index is 1070. The topological polar surface area (TPSA) is 166 Å². The van der Waals surface area contributed by atoms with Crippen LogP contribution in [0.4, 0.5) is 0 Å². The molecule has 0 aromatic rings. The maximum atomic E-state index is 12.1. The highest BCUT2D eigenvalue weighted by molar-refractivity contribution is 5.65. The Kier molecular flexibility index (Phi) is 10.8. The van der Waals surface area contributed by atoms with E-state index in [1.54, 1.807) is 0 Å². The molecule has 3 unspecified atom stereocenters. The molecule has 5 rings (SSSR count). The van der Waals surface area contributed by atoms with E-state index < -0.39 is 55.6 Å². The van der Waals surface area contributed by atoms with Crippen LogP contribution in [0.15, 0.2) is 11.6 Å². The summed E-state index contributed by atoms with van der Waals surface area (Å²) in [6, 6.07) is 0. The predicted molar refractivity (Wildman–Crippen MR) is 165 cm³/mol. The van der Waals surface area contributed by atoms with Crippen LogP contribution in [-0.2, 0) is 19.0 Å². The smallest absolute Gasteiger partial charge is 0.302 e. The molecule has 0 aromatic heterocycles. The second kappa shape index (κ2) is 13.8. The van der Waals surface area contributed by atoms with Gasteiger partial charge in [-0.25, -0.2) is 0 Å². The van der Waals surface area contributed by atoms with E-state index in [9.17, 15) is 35.4 Å². The van der Waals surface area contributed by atoms with Crippen LogP contribution < -0.4 is 0 Å². The maximum absolute atomic E-state index is 12.1. The molecule has 16 atom stereocenters. The minimum Gasteiger partial charge on any atom is -0.466 e. The van der Waals surface area contributed by atoms with Crippen molar-refractivity contribution in [1.82, 2.24) is 0 Å². The van der Waals surface area contributed by atoms with Gasteiger partial charge in [0.25, 0.3) is 0 Å². The molecular formula is C35H58O10. The third kappa shape index (κ3) is 6.52. The van der Waals surface area contributed by atoms with Crippen LogP contribution in [-0.4, -0.2) is 98.8 Å². The molecule has 0 spiro atoms. The Morgan fingerprint density at radius 3 is 2.44 bits per heavy atom. The predicted octanol–water partition coefficient (Wildman–Crippen LogP) is 2.70. The number of esters is 1. The monoisotopic (exact) mass is 638 g/mol. The molecule has 10 nitrogen and oxygen atoms in total. The Morgan fingerprint density at radius 2 is 1.76 bits per heavy atom. The van der Waals surface area contributed by atoms with Crippen LogP contribution in [0.5, 0.6) is 0 Å². The van der Waals surface area contributed by atoms with Gasteiger partial charge in [-0.05, 0) is 91.3 Å². The molecule has 1 aliphatic heterocycles. The van der Waals surface area contributed by atoms with Gasteiger partial charge in [-0.3, -0.25) is 4.79 Å². The number of fused-ring (bicyclic) bond motifs is 5. The fourth-order valence-corrected chi connectivity index (χ4v) is 10.4. The summed E-state index contributed by atoms with van der Waals surface area (Å²) in [5, 5.41) is 64.2. The second-order valence-corrected chi connectivity index (χ2v) is 15.7. The molecule has 0 radical (unpaired) electrons. The number of aliphatic hydroxyl groups is 6. The van der Waals surface area contributed by atoms with Crippen molar-refractivity contribution in [1.29, 1.82) is 0 Å². The Hall–Kier alpha value is -1.11. The number of hydrogen-bond donors (Lipinski definition) is 6. The molecule has 1 saturated heterocycles. The first-order chi connectivity index (χ1) is 21.2. The van der Waals surface area contributed by atoms with Crippen molar-refractivity contribution in [2.75, 3.05) is 13.2 Å². The largest absolute Gasteiger partial charge is 0.466 e. The van der Waals surface area contributed by atoms with Gasteiger partial charge >= 0.3 is 5.97 Å². The lowest BCUT2D eigenvalue weighted by Crippen LogP contribution is -2.63. The van der Waals surface area contributed by atoms with Gasteiger partial charge in [-0.15, -0.1) is 0 Å². The van der Waals surface area contributed by atoms with E-state index in [0.29, 0.717) is 43.6 Å². The van der Waals surface area contributed by atoms with E-state index in [-0.39, 0.29) is 34.6 Å². The highest BCUT2D eigenvalue weighted by Crippen LogP contribution is 2.68. The first-order valence-corrected chi connectivity index (χ1v) is 17.4. The summed E-state index contributed by atoms with van der Waals surface area (Å²) in [5.41, 5.74) is 0.592. The molecule has 0 aromatic carbocycles. The standard InChI is InChI=1S/C35H58O10/c1-18(17-43-20(3)37)7-6-8-19(2)23-9-10-24-29-25(15-28(39)35(23,24)5)34(4)12-11-22(38)13-21(34)14-26(29)44-33-32(42)31(41)30(40)27(16-36)45-33/h13,18-19,22-33,36,38-42H,6-12,14-17H2,1-5H3/t18-,19-,22-,23-,24?,25?,26-,27-,28+,29?,30+,31+,32-,33-,34+,35-/m1/s1. The maximum Gasteiger partial charge on any atom is 0.302 e. The van der Waals surface area contributed by atoms with Gasteiger partial charge in [-0.1, -0.05) is 52.2 Å². The third-order valence-corrected chi connectivity index (χ3v) is 13.0. The number of carbonyl (C=O) groups excluding carboxylic acids is 1. The first kappa shape index (κ1) is 35.2. The minimum absolute atomic E-state index is 0.0594. The minimum atomic E-state index is -1.52. The van der Waals surface area contributed by atoms with E-state index >= 15 is 0 Å². The highest BCUT2D eigenvalue weighted by atomic mass is 16.7. The lowest BCUT2D eigenvalue weighted by molar-refractivity contribution is -0.324. The summed E-state index contributed by atoms with van der Waals surface area (Å²) in [4.78, 5) is 11.2. The normalized spacial score (nSPS) is 47.6. The molecule has 10 heteroatoms. The summed E-state index contributed by atoms with van der Waals surface area (Å²) in [7, 11) is 0. The third-order valence-electron chi connectivity index (χ3n) is 13.0. The van der Waals surface area contributed by atoms with E-state index in [1.165, 1.54) is 6.92 Å². The number of carbonyl (C=O) groups is 1. The molecule has 6 N–H and O–H groups in total. The molecule has 0 bridgehead atoms. The second-order valence-electron chi connectivity index (χ2n) is 15.7. The van der Waals surface area contributed by atoms with Gasteiger partial charge < -0.3 is 44.8 Å². The summed E-state index contributed by atoms with van der Waals surface area (Å²) < 4.78 is 17.6. The molecule has 4 aliphatic carbocycles. The lowest BCUT2D eigenvalue weighted by atomic mass is 9.45. The van der Waals surface area contributed by atoms with E-state index in [0.717, 1.165) is 44.1 Å². The Labute approximate surface area is 268 Å². The molecule has 3 saturated carbocycles. The van der Waals surface area contributed by atoms with Gasteiger partial charge in [0.1, 0.15) is 24.4 Å². The van der Waals surface area contributed by atoms with Crippen LogP contribution in [0.2, 0.25) is 0 Å². The van der Waals surface area contributed by atoms with Crippen molar-refractivity contribution < 1.29 is 49.6 Å². The van der Waals surface area contributed by atoms with Crippen molar-refractivity contribution in [3.8, 4) is 0 Å². The molecule has 1 heterocycles. The summed E-state index contributed by atoms with van der Waals surface area (Å²) in [5.74, 6) is 1.11. The van der Waals surface area contributed by atoms with Crippen molar-refractivity contribution in [2.45, 2.75) is 141 Å². The summed E-state index contributed by atoms with van der Waals surface area (Å²) in [6.45, 7) is 10.3. The average Bonchev–Trinajstić information content (AvgIpc) is 3.36. The first-order valence-electron chi connectivity index (χ1n) is 17.4. The summed E-state index contributed by atoms with van der Waals surface area (Å²) in [6.07, 6.45) is 1.46. The lowest BCUT2D eigenvalue weighted by Gasteiger charge is -2.62. The molecule has 0 amide bonds.